The second-order valence-electron chi connectivity index (χ2n) is 3.19. The average Bonchev–Trinajstić information content (AvgIpc) is 2.13. The second-order valence-corrected chi connectivity index (χ2v) is 3.19. The van der Waals surface area contributed by atoms with Gasteiger partial charge >= 0.3 is 5.92 Å². The van der Waals surface area contributed by atoms with E-state index in [9.17, 15) is 13.6 Å². The number of carbonyl (C=O) groups excluding carboxylic acids is 1. The zero-order valence-electron chi connectivity index (χ0n) is 6.89. The van der Waals surface area contributed by atoms with Gasteiger partial charge in [0.1, 0.15) is 0 Å². The number of fused-ring (bicyclic) bond motifs is 1. The number of halogens is 2. The standard InChI is InChI=1S/C10H8F2O/c11-10(12)6-5-7-3-1-2-4-8(7)9(10)13/h1-4H,5-6H2. The zero-order valence-corrected chi connectivity index (χ0v) is 6.89. The van der Waals surface area contributed by atoms with Crippen LogP contribution in [-0.4, -0.2) is 11.7 Å². The Morgan fingerprint density at radius 1 is 1.23 bits per heavy atom. The SMILES string of the molecule is O=C1c2ccccc2CCC1(F)F. The quantitative estimate of drug-likeness (QED) is 0.602. The van der Waals surface area contributed by atoms with Gasteiger partial charge in [0, 0.05) is 12.0 Å². The highest BCUT2D eigenvalue weighted by molar-refractivity contribution is 6.03. The van der Waals surface area contributed by atoms with E-state index in [2.05, 4.69) is 0 Å². The van der Waals surface area contributed by atoms with Gasteiger partial charge in [0.15, 0.2) is 0 Å². The van der Waals surface area contributed by atoms with Crippen molar-refractivity contribution < 1.29 is 13.6 Å². The molecule has 1 nitrogen and oxygen atoms in total. The van der Waals surface area contributed by atoms with Crippen molar-refractivity contribution in [3.63, 3.8) is 0 Å². The summed E-state index contributed by atoms with van der Waals surface area (Å²) in [5.41, 5.74) is 0.914. The Kier molecular flexibility index (Phi) is 1.68. The van der Waals surface area contributed by atoms with E-state index in [0.29, 0.717) is 0 Å². The maximum absolute atomic E-state index is 12.9. The van der Waals surface area contributed by atoms with Gasteiger partial charge in [0.25, 0.3) is 0 Å². The summed E-state index contributed by atoms with van der Waals surface area (Å²) in [4.78, 5) is 11.2. The minimum Gasteiger partial charge on any atom is -0.287 e. The van der Waals surface area contributed by atoms with Crippen molar-refractivity contribution in [1.29, 1.82) is 0 Å². The molecule has 1 aromatic carbocycles. The molecular weight excluding hydrogens is 174 g/mol. The number of Topliss-reactive ketones (excluding diaryl/α,β-unsaturated/α-hetero) is 1. The van der Waals surface area contributed by atoms with Crippen molar-refractivity contribution in [2.45, 2.75) is 18.8 Å². The summed E-state index contributed by atoms with van der Waals surface area (Å²) in [6.07, 6.45) is -0.0717. The molecule has 0 atom stereocenters. The third-order valence-corrected chi connectivity index (χ3v) is 2.30. The maximum Gasteiger partial charge on any atom is 0.310 e. The molecule has 3 heteroatoms. The van der Waals surface area contributed by atoms with Crippen molar-refractivity contribution in [3.8, 4) is 0 Å². The average molecular weight is 182 g/mol. The summed E-state index contributed by atoms with van der Waals surface area (Å²) in [7, 11) is 0. The lowest BCUT2D eigenvalue weighted by Gasteiger charge is -2.22. The molecule has 1 aromatic rings. The third-order valence-electron chi connectivity index (χ3n) is 2.30. The molecule has 0 saturated heterocycles. The van der Waals surface area contributed by atoms with Gasteiger partial charge < -0.3 is 0 Å². The topological polar surface area (TPSA) is 17.1 Å². The van der Waals surface area contributed by atoms with Gasteiger partial charge in [0.2, 0.25) is 5.78 Å². The number of hydrogen-bond donors (Lipinski definition) is 0. The lowest BCUT2D eigenvalue weighted by molar-refractivity contribution is 0.00203. The molecule has 0 amide bonds. The number of rotatable bonds is 0. The molecule has 1 aliphatic rings. The summed E-state index contributed by atoms with van der Waals surface area (Å²) >= 11 is 0. The Balaban J connectivity index is 2.52. The first-order valence-corrected chi connectivity index (χ1v) is 4.12. The minimum atomic E-state index is -3.16. The maximum atomic E-state index is 12.9. The fraction of sp³-hybridized carbons (Fsp3) is 0.300. The summed E-state index contributed by atoms with van der Waals surface area (Å²) in [5, 5.41) is 0. The van der Waals surface area contributed by atoms with Crippen molar-refractivity contribution in [2.24, 2.45) is 0 Å². The van der Waals surface area contributed by atoms with E-state index < -0.39 is 11.7 Å². The van der Waals surface area contributed by atoms with Crippen LogP contribution in [0, 0.1) is 0 Å². The van der Waals surface area contributed by atoms with E-state index in [1.165, 1.54) is 6.07 Å². The molecule has 0 N–H and O–H groups in total. The van der Waals surface area contributed by atoms with Crippen LogP contribution in [-0.2, 0) is 6.42 Å². The van der Waals surface area contributed by atoms with Gasteiger partial charge in [-0.3, -0.25) is 4.79 Å². The molecule has 68 valence electrons. The molecule has 0 heterocycles. The predicted octanol–water partition coefficient (Wildman–Crippen LogP) is 2.45. The molecule has 0 bridgehead atoms. The second kappa shape index (κ2) is 2.62. The zero-order chi connectivity index (χ0) is 9.47. The molecular formula is C10H8F2O. The fourth-order valence-corrected chi connectivity index (χ4v) is 1.56. The molecule has 0 aromatic heterocycles. The highest BCUT2D eigenvalue weighted by Crippen LogP contribution is 2.32. The minimum absolute atomic E-state index is 0.179. The van der Waals surface area contributed by atoms with E-state index in [1.54, 1.807) is 18.2 Å². The van der Waals surface area contributed by atoms with Crippen molar-refractivity contribution in [3.05, 3.63) is 35.4 Å². The Morgan fingerprint density at radius 2 is 1.92 bits per heavy atom. The van der Waals surface area contributed by atoms with Crippen LogP contribution in [0.5, 0.6) is 0 Å². The first-order chi connectivity index (χ1) is 6.11. The summed E-state index contributed by atoms with van der Waals surface area (Å²) < 4.78 is 25.9. The molecule has 13 heavy (non-hydrogen) atoms. The van der Waals surface area contributed by atoms with E-state index in [4.69, 9.17) is 0 Å². The normalized spacial score (nSPS) is 19.7. The molecule has 0 spiro atoms. The first-order valence-electron chi connectivity index (χ1n) is 4.12. The van der Waals surface area contributed by atoms with E-state index >= 15 is 0 Å². The molecule has 0 aliphatic heterocycles. The lowest BCUT2D eigenvalue weighted by Crippen LogP contribution is -2.33. The Hall–Kier alpha value is -1.25. The summed E-state index contributed by atoms with van der Waals surface area (Å²) in [6, 6.07) is 6.56. The van der Waals surface area contributed by atoms with Gasteiger partial charge in [-0.05, 0) is 12.0 Å². The third kappa shape index (κ3) is 1.24. The van der Waals surface area contributed by atoms with Crippen molar-refractivity contribution in [2.75, 3.05) is 0 Å². The monoisotopic (exact) mass is 182 g/mol. The van der Waals surface area contributed by atoms with Gasteiger partial charge in [-0.1, -0.05) is 24.3 Å². The number of carbonyl (C=O) groups is 1. The van der Waals surface area contributed by atoms with Crippen LogP contribution in [0.25, 0.3) is 0 Å². The molecule has 0 radical (unpaired) electrons. The first kappa shape index (κ1) is 8.35. The van der Waals surface area contributed by atoms with Crippen LogP contribution in [0.1, 0.15) is 22.3 Å². The largest absolute Gasteiger partial charge is 0.310 e. The number of aryl methyl sites for hydroxylation is 1. The van der Waals surface area contributed by atoms with Gasteiger partial charge in [-0.25, -0.2) is 0 Å². The van der Waals surface area contributed by atoms with Crippen LogP contribution < -0.4 is 0 Å². The van der Waals surface area contributed by atoms with E-state index in [0.717, 1.165) is 5.56 Å². The molecule has 0 fully saturated rings. The lowest BCUT2D eigenvalue weighted by atomic mass is 9.88. The fourth-order valence-electron chi connectivity index (χ4n) is 1.56. The van der Waals surface area contributed by atoms with E-state index in [1.807, 2.05) is 0 Å². The molecule has 1 aliphatic carbocycles. The number of ketones is 1. The Bertz CT molecular complexity index is 358. The summed E-state index contributed by atoms with van der Waals surface area (Å²) in [5.74, 6) is -4.19. The number of hydrogen-bond acceptors (Lipinski definition) is 1. The van der Waals surface area contributed by atoms with E-state index in [-0.39, 0.29) is 18.4 Å². The van der Waals surface area contributed by atoms with Gasteiger partial charge in [-0.15, -0.1) is 0 Å². The smallest absolute Gasteiger partial charge is 0.287 e. The van der Waals surface area contributed by atoms with Crippen LogP contribution in [0.4, 0.5) is 8.78 Å². The van der Waals surface area contributed by atoms with Crippen LogP contribution in [0.15, 0.2) is 24.3 Å². The molecule has 0 saturated carbocycles. The molecule has 2 rings (SSSR count). The highest BCUT2D eigenvalue weighted by atomic mass is 19.3. The van der Waals surface area contributed by atoms with Crippen LogP contribution in [0.3, 0.4) is 0 Å². The number of benzene rings is 1. The van der Waals surface area contributed by atoms with Crippen molar-refractivity contribution >= 4 is 5.78 Å². The van der Waals surface area contributed by atoms with Crippen molar-refractivity contribution in [1.82, 2.24) is 0 Å². The summed E-state index contributed by atoms with van der Waals surface area (Å²) in [6.45, 7) is 0. The Labute approximate surface area is 74.4 Å². The number of alkyl halides is 2. The van der Waals surface area contributed by atoms with Crippen LogP contribution >= 0.6 is 0 Å². The predicted molar refractivity (Wildman–Crippen MR) is 44.0 cm³/mol. The van der Waals surface area contributed by atoms with Gasteiger partial charge in [-0.2, -0.15) is 8.78 Å². The highest BCUT2D eigenvalue weighted by Gasteiger charge is 2.42. The Morgan fingerprint density at radius 3 is 2.69 bits per heavy atom. The van der Waals surface area contributed by atoms with Crippen LogP contribution in [0.2, 0.25) is 0 Å². The van der Waals surface area contributed by atoms with Gasteiger partial charge in [0.05, 0.1) is 0 Å². The molecule has 0 unspecified atom stereocenters.